The van der Waals surface area contributed by atoms with Gasteiger partial charge in [0.1, 0.15) is 26.1 Å². The van der Waals surface area contributed by atoms with Gasteiger partial charge >= 0.3 is 23.9 Å². The van der Waals surface area contributed by atoms with Crippen molar-refractivity contribution in [2.75, 3.05) is 0 Å². The lowest BCUT2D eigenvalue weighted by molar-refractivity contribution is -0.171. The SMILES string of the molecule is CC(=O)O[C@@H]1c2nc(cs2)C(=O)O[C@@H](CCCC(C)(Cl)[37Cl])[C@H](C)C(=O)O[C@@H](C(C)(C)O)c2nc(cs2)C(=O)OC1(C)C. The van der Waals surface area contributed by atoms with Crippen LogP contribution < -0.4 is 0 Å². The van der Waals surface area contributed by atoms with Crippen LogP contribution in [0.15, 0.2) is 10.8 Å². The standard InChI is InChI=1S/C27H34Cl2N2O9S2/c1-13-17(9-8-10-27(7,28)29)38-23(34)15-11-42-21(30-15)19(37-14(2)32)26(5,6)40-24(35)16-12-41-20(31-16)18(25(3,4)36)39-22(13)33/h11-13,17-19,36H,8-10H2,1-7H3/t13-,17-,18+,19+/m0/s1/i28+2/t13-,17-,18+,19+,27?. The van der Waals surface area contributed by atoms with Crippen molar-refractivity contribution in [3.05, 3.63) is 32.2 Å². The van der Waals surface area contributed by atoms with E-state index in [0.29, 0.717) is 12.8 Å². The molecule has 3 heterocycles. The molecule has 0 saturated heterocycles. The van der Waals surface area contributed by atoms with Crippen molar-refractivity contribution in [1.29, 1.82) is 0 Å². The van der Waals surface area contributed by atoms with Gasteiger partial charge in [0, 0.05) is 17.7 Å². The molecule has 2 aromatic heterocycles. The summed E-state index contributed by atoms with van der Waals surface area (Å²) in [5.41, 5.74) is -3.25. The smallest absolute Gasteiger partial charge is 0.358 e. The Morgan fingerprint density at radius 1 is 1.10 bits per heavy atom. The number of alkyl halides is 2. The average Bonchev–Trinajstić information content (AvgIpc) is 3.52. The largest absolute Gasteiger partial charge is 0.457 e. The lowest BCUT2D eigenvalue weighted by Crippen LogP contribution is -2.38. The van der Waals surface area contributed by atoms with E-state index in [2.05, 4.69) is 9.97 Å². The predicted octanol–water partition coefficient (Wildman–Crippen LogP) is 5.73. The fraction of sp³-hybridized carbons (Fsp3) is 0.630. The highest BCUT2D eigenvalue weighted by Gasteiger charge is 2.42. The summed E-state index contributed by atoms with van der Waals surface area (Å²) >= 11 is 14.2. The maximum Gasteiger partial charge on any atom is 0.358 e. The zero-order chi connectivity index (χ0) is 31.6. The molecule has 1 aliphatic heterocycles. The first-order valence-electron chi connectivity index (χ1n) is 13.1. The van der Waals surface area contributed by atoms with Gasteiger partial charge < -0.3 is 24.1 Å². The number of carbonyl (C=O) groups excluding carboxylic acids is 4. The number of aromatic nitrogens is 2. The summed E-state index contributed by atoms with van der Waals surface area (Å²) in [7, 11) is 0. The first-order valence-corrected chi connectivity index (χ1v) is 15.6. The number of hydrogen-bond donors (Lipinski definition) is 1. The zero-order valence-electron chi connectivity index (χ0n) is 24.3. The number of carbonyl (C=O) groups is 4. The third-order valence-corrected chi connectivity index (χ3v) is 8.50. The molecule has 5 atom stereocenters. The Bertz CT molecular complexity index is 1310. The number of esters is 4. The normalized spacial score (nSPS) is 25.0. The fourth-order valence-corrected chi connectivity index (χ4v) is 6.35. The summed E-state index contributed by atoms with van der Waals surface area (Å²) in [6.07, 6.45) is -2.42. The lowest BCUT2D eigenvalue weighted by atomic mass is 9.97. The van der Waals surface area contributed by atoms with E-state index >= 15 is 0 Å². The number of thiazole rings is 2. The lowest BCUT2D eigenvalue weighted by Gasteiger charge is -2.31. The molecule has 0 saturated carbocycles. The van der Waals surface area contributed by atoms with E-state index in [1.165, 1.54) is 52.3 Å². The Kier molecular flexibility index (Phi) is 10.7. The second-order valence-electron chi connectivity index (χ2n) is 11.3. The van der Waals surface area contributed by atoms with Crippen LogP contribution in [-0.2, 0) is 28.5 Å². The van der Waals surface area contributed by atoms with Gasteiger partial charge in [-0.2, -0.15) is 0 Å². The predicted molar refractivity (Wildman–Crippen MR) is 156 cm³/mol. The number of rotatable bonds is 6. The molecule has 1 unspecified atom stereocenters. The third-order valence-electron chi connectivity index (χ3n) is 6.35. The molecule has 15 heteroatoms. The Morgan fingerprint density at radius 3 is 2.24 bits per heavy atom. The number of aliphatic hydroxyl groups is 1. The monoisotopic (exact) mass is 666 g/mol. The van der Waals surface area contributed by atoms with Crippen LogP contribution in [0, 0.1) is 5.92 Å². The van der Waals surface area contributed by atoms with Crippen LogP contribution in [0.1, 0.15) is 111 Å². The molecular formula is C27H34Cl2N2O9S2. The minimum atomic E-state index is -1.60. The van der Waals surface area contributed by atoms with Crippen LogP contribution in [0.4, 0.5) is 0 Å². The van der Waals surface area contributed by atoms with Crippen molar-refractivity contribution in [2.45, 2.75) is 102 Å². The fourth-order valence-electron chi connectivity index (χ4n) is 4.10. The average molecular weight is 667 g/mol. The van der Waals surface area contributed by atoms with Gasteiger partial charge in [-0.15, -0.1) is 45.9 Å². The quantitative estimate of drug-likeness (QED) is 0.228. The molecule has 4 bridgehead atoms. The molecule has 2 aromatic rings. The van der Waals surface area contributed by atoms with Crippen molar-refractivity contribution in [3.63, 3.8) is 0 Å². The maximum atomic E-state index is 13.4. The van der Waals surface area contributed by atoms with E-state index in [9.17, 15) is 24.3 Å². The number of ether oxygens (including phenoxy) is 4. The van der Waals surface area contributed by atoms with Crippen LogP contribution in [-0.4, -0.2) is 60.6 Å². The molecular weight excluding hydrogens is 633 g/mol. The Morgan fingerprint density at radius 2 is 1.67 bits per heavy atom. The molecule has 0 aromatic carbocycles. The first kappa shape index (κ1) is 34.2. The van der Waals surface area contributed by atoms with E-state index in [1.54, 1.807) is 6.92 Å². The number of cyclic esters (lactones) is 3. The Balaban J connectivity index is 2.09. The van der Waals surface area contributed by atoms with E-state index in [1.807, 2.05) is 0 Å². The van der Waals surface area contributed by atoms with Crippen molar-refractivity contribution < 1.29 is 43.2 Å². The molecule has 232 valence electrons. The minimum Gasteiger partial charge on any atom is -0.457 e. The van der Waals surface area contributed by atoms with Crippen molar-refractivity contribution in [1.82, 2.24) is 9.97 Å². The number of fused-ring (bicyclic) bond motifs is 4. The van der Waals surface area contributed by atoms with Crippen LogP contribution in [0.3, 0.4) is 0 Å². The number of hydrogen-bond acceptors (Lipinski definition) is 13. The molecule has 0 spiro atoms. The summed E-state index contributed by atoms with van der Waals surface area (Å²) in [4.78, 5) is 60.4. The van der Waals surface area contributed by atoms with Gasteiger partial charge in [-0.3, -0.25) is 9.59 Å². The molecule has 0 fully saturated rings. The van der Waals surface area contributed by atoms with E-state index < -0.39 is 63.6 Å². The Labute approximate surface area is 261 Å². The van der Waals surface area contributed by atoms with E-state index in [-0.39, 0.29) is 27.8 Å². The summed E-state index contributed by atoms with van der Waals surface area (Å²) in [6, 6.07) is 0. The summed E-state index contributed by atoms with van der Waals surface area (Å²) in [5.74, 6) is -4.08. The van der Waals surface area contributed by atoms with Crippen molar-refractivity contribution >= 4 is 69.8 Å². The van der Waals surface area contributed by atoms with Crippen LogP contribution in [0.5, 0.6) is 0 Å². The highest BCUT2D eigenvalue weighted by molar-refractivity contribution is 7.10. The summed E-state index contributed by atoms with van der Waals surface area (Å²) < 4.78 is 21.6. The van der Waals surface area contributed by atoms with Crippen molar-refractivity contribution in [3.8, 4) is 0 Å². The number of halogens is 2. The van der Waals surface area contributed by atoms with Gasteiger partial charge in [0.05, 0.1) is 5.92 Å². The zero-order valence-corrected chi connectivity index (χ0v) is 27.4. The molecule has 3 rings (SSSR count). The van der Waals surface area contributed by atoms with Gasteiger partial charge in [-0.1, -0.05) is 0 Å². The van der Waals surface area contributed by atoms with Crippen LogP contribution in [0.25, 0.3) is 0 Å². The number of nitrogens with zero attached hydrogens (tertiary/aromatic N) is 2. The summed E-state index contributed by atoms with van der Waals surface area (Å²) in [5, 5.41) is 14.0. The molecule has 0 aliphatic carbocycles. The molecule has 42 heavy (non-hydrogen) atoms. The second-order valence-corrected chi connectivity index (χ2v) is 14.9. The molecule has 1 N–H and O–H groups in total. The van der Waals surface area contributed by atoms with Gasteiger partial charge in [0.25, 0.3) is 0 Å². The summed E-state index contributed by atoms with van der Waals surface area (Å²) in [6.45, 7) is 10.3. The van der Waals surface area contributed by atoms with E-state index in [4.69, 9.17) is 42.1 Å². The first-order chi connectivity index (χ1) is 19.3. The van der Waals surface area contributed by atoms with Gasteiger partial charge in [-0.25, -0.2) is 19.6 Å². The molecule has 11 nitrogen and oxygen atoms in total. The van der Waals surface area contributed by atoms with Crippen LogP contribution in [0.2, 0.25) is 0 Å². The maximum absolute atomic E-state index is 13.4. The van der Waals surface area contributed by atoms with Crippen LogP contribution >= 0.6 is 45.9 Å². The van der Waals surface area contributed by atoms with Gasteiger partial charge in [0.15, 0.2) is 29.2 Å². The van der Waals surface area contributed by atoms with Gasteiger partial charge in [0.2, 0.25) is 0 Å². The van der Waals surface area contributed by atoms with Crippen molar-refractivity contribution in [2.24, 2.45) is 5.92 Å². The highest BCUT2D eigenvalue weighted by atomic mass is 37.0. The molecule has 0 amide bonds. The Hall–Kier alpha value is -2.32. The highest BCUT2D eigenvalue weighted by Crippen LogP contribution is 2.38. The third kappa shape index (κ3) is 8.85. The second kappa shape index (κ2) is 13.1. The topological polar surface area (TPSA) is 151 Å². The molecule has 1 aliphatic rings. The van der Waals surface area contributed by atoms with Gasteiger partial charge in [-0.05, 0) is 60.8 Å². The van der Waals surface area contributed by atoms with E-state index in [0.717, 1.165) is 22.7 Å². The molecule has 0 radical (unpaired) electrons. The minimum absolute atomic E-state index is 0.0956.